The van der Waals surface area contributed by atoms with Gasteiger partial charge in [0.1, 0.15) is 0 Å². The maximum absolute atomic E-state index is 12.6. The molecule has 0 saturated carbocycles. The summed E-state index contributed by atoms with van der Waals surface area (Å²) < 4.78 is 16.3. The zero-order valence-corrected chi connectivity index (χ0v) is 17.9. The predicted molar refractivity (Wildman–Crippen MR) is 114 cm³/mol. The molecule has 31 heavy (non-hydrogen) atoms. The van der Waals surface area contributed by atoms with Gasteiger partial charge in [0.25, 0.3) is 0 Å². The first kappa shape index (κ1) is 19.6. The summed E-state index contributed by atoms with van der Waals surface area (Å²) in [5, 5.41) is 4.15. The van der Waals surface area contributed by atoms with Gasteiger partial charge in [-0.15, -0.1) is 0 Å². The van der Waals surface area contributed by atoms with Gasteiger partial charge >= 0.3 is 0 Å². The summed E-state index contributed by atoms with van der Waals surface area (Å²) in [7, 11) is 0. The van der Waals surface area contributed by atoms with Crippen LogP contribution in [0.4, 0.5) is 0 Å². The van der Waals surface area contributed by atoms with Gasteiger partial charge < -0.3 is 18.9 Å². The molecule has 2 aliphatic heterocycles. The van der Waals surface area contributed by atoms with Gasteiger partial charge in [-0.1, -0.05) is 56.3 Å². The second kappa shape index (κ2) is 7.41. The van der Waals surface area contributed by atoms with Gasteiger partial charge in [-0.2, -0.15) is 4.98 Å². The van der Waals surface area contributed by atoms with Crippen molar-refractivity contribution in [1.29, 1.82) is 0 Å². The van der Waals surface area contributed by atoms with E-state index in [-0.39, 0.29) is 24.0 Å². The minimum atomic E-state index is -0.100. The van der Waals surface area contributed by atoms with E-state index in [9.17, 15) is 4.79 Å². The lowest BCUT2D eigenvalue weighted by Gasteiger charge is -2.18. The fourth-order valence-electron chi connectivity index (χ4n) is 3.99. The van der Waals surface area contributed by atoms with Crippen LogP contribution in [0, 0.1) is 0 Å². The third-order valence-corrected chi connectivity index (χ3v) is 5.83. The third-order valence-electron chi connectivity index (χ3n) is 5.83. The Bertz CT molecular complexity index is 1110. The van der Waals surface area contributed by atoms with Crippen LogP contribution in [-0.2, 0) is 16.8 Å². The Morgan fingerprint density at radius 2 is 1.84 bits per heavy atom. The zero-order chi connectivity index (χ0) is 21.6. The monoisotopic (exact) mass is 419 g/mol. The van der Waals surface area contributed by atoms with Gasteiger partial charge in [0, 0.05) is 25.1 Å². The second-order valence-electron chi connectivity index (χ2n) is 9.15. The molecule has 3 aromatic rings. The van der Waals surface area contributed by atoms with E-state index in [0.717, 1.165) is 22.6 Å². The summed E-state index contributed by atoms with van der Waals surface area (Å²) in [6, 6.07) is 14.0. The molecule has 1 unspecified atom stereocenters. The number of fused-ring (bicyclic) bond motifs is 1. The van der Waals surface area contributed by atoms with Crippen LogP contribution >= 0.6 is 0 Å². The van der Waals surface area contributed by atoms with Crippen LogP contribution in [0.2, 0.25) is 0 Å². The number of aromatic nitrogens is 2. The normalized spacial score (nSPS) is 18.1. The summed E-state index contributed by atoms with van der Waals surface area (Å²) in [4.78, 5) is 19.0. The maximum atomic E-state index is 12.6. The summed E-state index contributed by atoms with van der Waals surface area (Å²) in [6.07, 6.45) is 0.370. The molecule has 7 nitrogen and oxygen atoms in total. The van der Waals surface area contributed by atoms with Crippen LogP contribution < -0.4 is 9.47 Å². The Morgan fingerprint density at radius 3 is 2.61 bits per heavy atom. The molecular weight excluding hydrogens is 394 g/mol. The van der Waals surface area contributed by atoms with Crippen molar-refractivity contribution in [3.63, 3.8) is 0 Å². The first-order chi connectivity index (χ1) is 14.9. The van der Waals surface area contributed by atoms with Gasteiger partial charge in [0.2, 0.25) is 24.4 Å². The summed E-state index contributed by atoms with van der Waals surface area (Å²) >= 11 is 0. The van der Waals surface area contributed by atoms with Crippen molar-refractivity contribution in [1.82, 2.24) is 15.0 Å². The molecule has 0 radical (unpaired) electrons. The predicted octanol–water partition coefficient (Wildman–Crippen LogP) is 4.28. The number of amides is 1. The Balaban J connectivity index is 1.28. The lowest BCUT2D eigenvalue weighted by molar-refractivity contribution is -0.128. The highest BCUT2D eigenvalue weighted by atomic mass is 16.7. The van der Waals surface area contributed by atoms with E-state index in [4.69, 9.17) is 14.0 Å². The Kier molecular flexibility index (Phi) is 4.68. The summed E-state index contributed by atoms with van der Waals surface area (Å²) in [5.74, 6) is 2.50. The average molecular weight is 419 g/mol. The van der Waals surface area contributed by atoms with E-state index >= 15 is 0 Å². The number of carbonyl (C=O) groups excluding carboxylic acids is 1. The van der Waals surface area contributed by atoms with Crippen LogP contribution in [-0.4, -0.2) is 34.3 Å². The fraction of sp³-hybridized carbons (Fsp3) is 0.375. The first-order valence-corrected chi connectivity index (χ1v) is 10.5. The summed E-state index contributed by atoms with van der Waals surface area (Å²) in [5.41, 5.74) is 3.25. The van der Waals surface area contributed by atoms with Crippen LogP contribution in [0.25, 0.3) is 11.4 Å². The van der Waals surface area contributed by atoms with Gasteiger partial charge in [-0.05, 0) is 28.7 Å². The fourth-order valence-corrected chi connectivity index (χ4v) is 3.99. The molecule has 160 valence electrons. The van der Waals surface area contributed by atoms with Crippen molar-refractivity contribution in [3.05, 3.63) is 59.5 Å². The molecule has 7 heteroatoms. The number of nitrogens with zero attached hydrogens (tertiary/aromatic N) is 3. The quantitative estimate of drug-likeness (QED) is 0.628. The molecule has 1 saturated heterocycles. The average Bonchev–Trinajstić information content (AvgIpc) is 3.47. The highest BCUT2D eigenvalue weighted by Crippen LogP contribution is 2.34. The van der Waals surface area contributed by atoms with Gasteiger partial charge in [-0.3, -0.25) is 4.79 Å². The van der Waals surface area contributed by atoms with E-state index in [2.05, 4.69) is 43.0 Å². The van der Waals surface area contributed by atoms with Crippen molar-refractivity contribution >= 4 is 5.91 Å². The standard InChI is InChI=1S/C24H25N3O4/c1-24(2,3)18-7-5-16(6-8-18)22-25-23(31-26-22)17-11-21(28)27(13-17)12-15-4-9-19-20(10-15)30-14-29-19/h4-10,17H,11-14H2,1-3H3. The molecule has 1 fully saturated rings. The number of likely N-dealkylation sites (tertiary alicyclic amines) is 1. The lowest BCUT2D eigenvalue weighted by Crippen LogP contribution is -2.24. The Hall–Kier alpha value is -3.35. The molecule has 2 aromatic carbocycles. The molecule has 0 aliphatic carbocycles. The molecule has 0 bridgehead atoms. The highest BCUT2D eigenvalue weighted by Gasteiger charge is 2.34. The van der Waals surface area contributed by atoms with E-state index < -0.39 is 0 Å². The van der Waals surface area contributed by atoms with E-state index in [0.29, 0.717) is 31.2 Å². The topological polar surface area (TPSA) is 77.7 Å². The number of hydrogen-bond donors (Lipinski definition) is 0. The van der Waals surface area contributed by atoms with E-state index in [1.807, 2.05) is 35.2 Å². The molecule has 2 aliphatic rings. The minimum absolute atomic E-state index is 0.0805. The Morgan fingerprint density at radius 1 is 1.06 bits per heavy atom. The van der Waals surface area contributed by atoms with Crippen LogP contribution in [0.3, 0.4) is 0 Å². The number of benzene rings is 2. The number of hydrogen-bond acceptors (Lipinski definition) is 6. The summed E-state index contributed by atoms with van der Waals surface area (Å²) in [6.45, 7) is 7.85. The van der Waals surface area contributed by atoms with Crippen LogP contribution in [0.5, 0.6) is 11.5 Å². The van der Waals surface area contributed by atoms with Crippen molar-refractivity contribution in [2.75, 3.05) is 13.3 Å². The zero-order valence-electron chi connectivity index (χ0n) is 17.9. The largest absolute Gasteiger partial charge is 0.454 e. The number of carbonyl (C=O) groups is 1. The first-order valence-electron chi connectivity index (χ1n) is 10.5. The molecule has 3 heterocycles. The molecule has 1 amide bonds. The molecule has 5 rings (SSSR count). The van der Waals surface area contributed by atoms with Crippen LogP contribution in [0.1, 0.15) is 50.1 Å². The SMILES string of the molecule is CC(C)(C)c1ccc(-c2noc(C3CC(=O)N(Cc4ccc5c(c4)OCO5)C3)n2)cc1. The lowest BCUT2D eigenvalue weighted by atomic mass is 9.87. The van der Waals surface area contributed by atoms with Crippen molar-refractivity contribution in [2.24, 2.45) is 0 Å². The second-order valence-corrected chi connectivity index (χ2v) is 9.15. The molecular formula is C24H25N3O4. The van der Waals surface area contributed by atoms with Gasteiger partial charge in [0.05, 0.1) is 5.92 Å². The number of ether oxygens (including phenoxy) is 2. The van der Waals surface area contributed by atoms with E-state index in [1.54, 1.807) is 0 Å². The van der Waals surface area contributed by atoms with Crippen molar-refractivity contribution in [3.8, 4) is 22.9 Å². The molecule has 0 N–H and O–H groups in total. The van der Waals surface area contributed by atoms with Gasteiger partial charge in [-0.25, -0.2) is 0 Å². The van der Waals surface area contributed by atoms with Crippen molar-refractivity contribution < 1.29 is 18.8 Å². The third kappa shape index (κ3) is 3.87. The number of rotatable bonds is 4. The molecule has 0 spiro atoms. The van der Waals surface area contributed by atoms with Gasteiger partial charge in [0.15, 0.2) is 11.5 Å². The Labute approximate surface area is 181 Å². The molecule has 1 aromatic heterocycles. The highest BCUT2D eigenvalue weighted by molar-refractivity contribution is 5.79. The van der Waals surface area contributed by atoms with Crippen LogP contribution in [0.15, 0.2) is 47.0 Å². The molecule has 1 atom stereocenters. The smallest absolute Gasteiger partial charge is 0.232 e. The maximum Gasteiger partial charge on any atom is 0.232 e. The van der Waals surface area contributed by atoms with E-state index in [1.165, 1.54) is 5.56 Å². The van der Waals surface area contributed by atoms with Crippen molar-refractivity contribution in [2.45, 2.75) is 45.1 Å². The minimum Gasteiger partial charge on any atom is -0.454 e.